The van der Waals surface area contributed by atoms with Crippen molar-refractivity contribution in [2.24, 2.45) is 5.73 Å². The van der Waals surface area contributed by atoms with E-state index in [0.717, 1.165) is 17.7 Å². The van der Waals surface area contributed by atoms with Crippen LogP contribution in [-0.2, 0) is 10.0 Å². The van der Waals surface area contributed by atoms with Crippen LogP contribution in [0, 0.1) is 6.92 Å². The van der Waals surface area contributed by atoms with Crippen LogP contribution in [0.5, 0.6) is 0 Å². The molecule has 15 heavy (non-hydrogen) atoms. The smallest absolute Gasteiger partial charge is 0.253 e. The molecule has 1 saturated heterocycles. The second kappa shape index (κ2) is 3.86. The minimum absolute atomic E-state index is 0.350. The van der Waals surface area contributed by atoms with E-state index in [9.17, 15) is 8.42 Å². The summed E-state index contributed by atoms with van der Waals surface area (Å²) in [5.74, 6) is 0. The highest BCUT2D eigenvalue weighted by molar-refractivity contribution is 7.91. The van der Waals surface area contributed by atoms with Crippen molar-refractivity contribution in [2.75, 3.05) is 6.54 Å². The Morgan fingerprint density at radius 3 is 2.73 bits per heavy atom. The van der Waals surface area contributed by atoms with Crippen LogP contribution < -0.4 is 5.73 Å². The highest BCUT2D eigenvalue weighted by Gasteiger charge is 2.33. The van der Waals surface area contributed by atoms with Gasteiger partial charge in [-0.05, 0) is 31.9 Å². The number of sulfonamides is 1. The number of thiophene rings is 1. The molecule has 1 aromatic heterocycles. The molecule has 0 aromatic carbocycles. The van der Waals surface area contributed by atoms with Crippen LogP contribution in [0.15, 0.2) is 16.3 Å². The van der Waals surface area contributed by atoms with Crippen LogP contribution in [0.3, 0.4) is 0 Å². The molecule has 2 N–H and O–H groups in total. The van der Waals surface area contributed by atoms with Crippen LogP contribution in [0.2, 0.25) is 0 Å². The summed E-state index contributed by atoms with van der Waals surface area (Å²) in [5.41, 5.74) is 5.76. The quantitative estimate of drug-likeness (QED) is 0.850. The lowest BCUT2D eigenvalue weighted by Gasteiger charge is -2.19. The van der Waals surface area contributed by atoms with Gasteiger partial charge in [-0.25, -0.2) is 8.42 Å². The summed E-state index contributed by atoms with van der Waals surface area (Å²) in [5, 5.41) is 0. The Morgan fingerprint density at radius 2 is 2.27 bits per heavy atom. The summed E-state index contributed by atoms with van der Waals surface area (Å²) >= 11 is 1.30. The first-order valence-electron chi connectivity index (χ1n) is 4.85. The molecule has 0 amide bonds. The van der Waals surface area contributed by atoms with Crippen molar-refractivity contribution in [3.8, 4) is 0 Å². The maximum absolute atomic E-state index is 12.1. The van der Waals surface area contributed by atoms with E-state index in [2.05, 4.69) is 0 Å². The van der Waals surface area contributed by atoms with Crippen molar-refractivity contribution in [3.63, 3.8) is 0 Å². The average molecular weight is 246 g/mol. The molecule has 0 radical (unpaired) electrons. The molecule has 0 spiro atoms. The third-order valence-electron chi connectivity index (χ3n) is 2.53. The van der Waals surface area contributed by atoms with E-state index < -0.39 is 10.0 Å². The molecular formula is C9H14N2O2S2. The van der Waals surface area contributed by atoms with Gasteiger partial charge >= 0.3 is 0 Å². The minimum Gasteiger partial charge on any atom is -0.315 e. The van der Waals surface area contributed by atoms with E-state index in [1.165, 1.54) is 15.6 Å². The number of nitrogens with two attached hydrogens (primary N) is 1. The van der Waals surface area contributed by atoms with Gasteiger partial charge in [0.1, 0.15) is 4.21 Å². The SMILES string of the molecule is Cc1ccc(S(=O)(=O)N2CCCC2N)s1. The van der Waals surface area contributed by atoms with E-state index in [-0.39, 0.29) is 6.17 Å². The van der Waals surface area contributed by atoms with Crippen LogP contribution >= 0.6 is 11.3 Å². The van der Waals surface area contributed by atoms with Gasteiger partial charge in [-0.3, -0.25) is 0 Å². The second-order valence-electron chi connectivity index (χ2n) is 3.69. The largest absolute Gasteiger partial charge is 0.315 e. The summed E-state index contributed by atoms with van der Waals surface area (Å²) in [6.45, 7) is 2.44. The fourth-order valence-electron chi connectivity index (χ4n) is 1.73. The Kier molecular flexibility index (Phi) is 2.85. The monoisotopic (exact) mass is 246 g/mol. The van der Waals surface area contributed by atoms with Crippen molar-refractivity contribution in [2.45, 2.75) is 30.1 Å². The molecule has 1 aromatic rings. The lowest BCUT2D eigenvalue weighted by atomic mass is 10.3. The van der Waals surface area contributed by atoms with Crippen LogP contribution in [0.4, 0.5) is 0 Å². The normalized spacial score (nSPS) is 23.5. The van der Waals surface area contributed by atoms with Crippen molar-refractivity contribution < 1.29 is 8.42 Å². The highest BCUT2D eigenvalue weighted by atomic mass is 32.2. The van der Waals surface area contributed by atoms with E-state index >= 15 is 0 Å². The van der Waals surface area contributed by atoms with Crippen LogP contribution in [-0.4, -0.2) is 25.4 Å². The molecule has 1 unspecified atom stereocenters. The van der Waals surface area contributed by atoms with E-state index in [1.54, 1.807) is 6.07 Å². The summed E-state index contributed by atoms with van der Waals surface area (Å²) < 4.78 is 26.0. The molecule has 1 fully saturated rings. The predicted molar refractivity (Wildman–Crippen MR) is 60.2 cm³/mol. The van der Waals surface area contributed by atoms with E-state index in [1.807, 2.05) is 13.0 Å². The van der Waals surface area contributed by atoms with Crippen molar-refractivity contribution in [1.82, 2.24) is 4.31 Å². The number of hydrogen-bond donors (Lipinski definition) is 1. The molecule has 2 heterocycles. The Morgan fingerprint density at radius 1 is 1.53 bits per heavy atom. The van der Waals surface area contributed by atoms with Gasteiger partial charge in [0.2, 0.25) is 0 Å². The van der Waals surface area contributed by atoms with Gasteiger partial charge in [0.25, 0.3) is 10.0 Å². The number of rotatable bonds is 2. The molecular weight excluding hydrogens is 232 g/mol. The molecule has 0 bridgehead atoms. The predicted octanol–water partition coefficient (Wildman–Crippen LogP) is 1.13. The average Bonchev–Trinajstić information content (AvgIpc) is 2.74. The lowest BCUT2D eigenvalue weighted by Crippen LogP contribution is -2.40. The Bertz CT molecular complexity index is 452. The van der Waals surface area contributed by atoms with Gasteiger partial charge in [0.15, 0.2) is 0 Å². The topological polar surface area (TPSA) is 63.4 Å². The summed E-state index contributed by atoms with van der Waals surface area (Å²) in [7, 11) is -3.34. The zero-order valence-corrected chi connectivity index (χ0v) is 10.1. The first-order chi connectivity index (χ1) is 7.01. The van der Waals surface area contributed by atoms with E-state index in [4.69, 9.17) is 5.73 Å². The van der Waals surface area contributed by atoms with Crippen molar-refractivity contribution >= 4 is 21.4 Å². The zero-order chi connectivity index (χ0) is 11.1. The molecule has 0 aliphatic carbocycles. The fraction of sp³-hybridized carbons (Fsp3) is 0.556. The second-order valence-corrected chi connectivity index (χ2v) is 7.10. The molecule has 1 aliphatic heterocycles. The molecule has 0 saturated carbocycles. The molecule has 2 rings (SSSR count). The molecule has 1 aliphatic rings. The van der Waals surface area contributed by atoms with Crippen LogP contribution in [0.25, 0.3) is 0 Å². The third-order valence-corrected chi connectivity index (χ3v) is 5.92. The Balaban J connectivity index is 2.34. The highest BCUT2D eigenvalue weighted by Crippen LogP contribution is 2.28. The minimum atomic E-state index is -3.34. The maximum atomic E-state index is 12.1. The van der Waals surface area contributed by atoms with Gasteiger partial charge < -0.3 is 5.73 Å². The van der Waals surface area contributed by atoms with Crippen molar-refractivity contribution in [3.05, 3.63) is 17.0 Å². The third kappa shape index (κ3) is 1.94. The molecule has 1 atom stereocenters. The zero-order valence-electron chi connectivity index (χ0n) is 8.51. The standard InChI is InChI=1S/C9H14N2O2S2/c1-7-4-5-9(14-7)15(12,13)11-6-2-3-8(11)10/h4-5,8H,2-3,6,10H2,1H3. The summed E-state index contributed by atoms with van der Waals surface area (Å²) in [4.78, 5) is 1.00. The Labute approximate surface area is 93.8 Å². The first kappa shape index (κ1) is 11.1. The fourth-order valence-corrected chi connectivity index (χ4v) is 4.73. The number of nitrogens with zero attached hydrogens (tertiary/aromatic N) is 1. The van der Waals surface area contributed by atoms with Gasteiger partial charge in [-0.15, -0.1) is 11.3 Å². The lowest BCUT2D eigenvalue weighted by molar-refractivity contribution is 0.397. The first-order valence-corrected chi connectivity index (χ1v) is 7.11. The maximum Gasteiger partial charge on any atom is 0.253 e. The Hall–Kier alpha value is -0.430. The summed E-state index contributed by atoms with van der Waals surface area (Å²) in [6, 6.07) is 3.47. The summed E-state index contributed by atoms with van der Waals surface area (Å²) in [6.07, 6.45) is 1.26. The molecule has 6 heteroatoms. The van der Waals surface area contributed by atoms with Gasteiger partial charge in [-0.1, -0.05) is 0 Å². The number of aryl methyl sites for hydroxylation is 1. The molecule has 4 nitrogen and oxygen atoms in total. The molecule has 84 valence electrons. The van der Waals surface area contributed by atoms with Gasteiger partial charge in [0.05, 0.1) is 6.17 Å². The van der Waals surface area contributed by atoms with Gasteiger partial charge in [0, 0.05) is 11.4 Å². The number of hydrogen-bond acceptors (Lipinski definition) is 4. The van der Waals surface area contributed by atoms with Gasteiger partial charge in [-0.2, -0.15) is 4.31 Å². The van der Waals surface area contributed by atoms with Crippen molar-refractivity contribution in [1.29, 1.82) is 0 Å². The van der Waals surface area contributed by atoms with E-state index in [0.29, 0.717) is 10.8 Å². The van der Waals surface area contributed by atoms with Crippen LogP contribution in [0.1, 0.15) is 17.7 Å².